The van der Waals surface area contributed by atoms with E-state index in [0.717, 1.165) is 18.7 Å². The number of ether oxygens (including phenoxy) is 2. The first-order valence-electron chi connectivity index (χ1n) is 8.40. The summed E-state index contributed by atoms with van der Waals surface area (Å²) < 4.78 is 11.7. The van der Waals surface area contributed by atoms with Crippen LogP contribution in [0.25, 0.3) is 0 Å². The molecule has 1 N–H and O–H groups in total. The molecule has 0 aliphatic carbocycles. The van der Waals surface area contributed by atoms with Gasteiger partial charge in [0.25, 0.3) is 0 Å². The molecule has 0 radical (unpaired) electrons. The van der Waals surface area contributed by atoms with Gasteiger partial charge in [0.1, 0.15) is 0 Å². The molecule has 5 heteroatoms. The van der Waals surface area contributed by atoms with Crippen molar-refractivity contribution in [3.8, 4) is 0 Å². The van der Waals surface area contributed by atoms with Crippen molar-refractivity contribution in [1.29, 1.82) is 0 Å². The first-order valence-corrected chi connectivity index (χ1v) is 9.34. The number of aliphatic hydroxyl groups is 1. The highest BCUT2D eigenvalue weighted by Crippen LogP contribution is 2.26. The molecule has 1 aromatic carbocycles. The quantitative estimate of drug-likeness (QED) is 0.836. The van der Waals surface area contributed by atoms with Crippen LogP contribution in [-0.2, 0) is 16.1 Å². The van der Waals surface area contributed by atoms with Gasteiger partial charge in [0.15, 0.2) is 0 Å². The third-order valence-electron chi connectivity index (χ3n) is 4.14. The highest BCUT2D eigenvalue weighted by Gasteiger charge is 2.27. The van der Waals surface area contributed by atoms with Crippen molar-refractivity contribution in [2.45, 2.75) is 31.8 Å². The molecule has 3 atom stereocenters. The van der Waals surface area contributed by atoms with Crippen LogP contribution in [0.5, 0.6) is 0 Å². The lowest BCUT2D eigenvalue weighted by molar-refractivity contribution is -0.0918. The Morgan fingerprint density at radius 2 is 2.12 bits per heavy atom. The van der Waals surface area contributed by atoms with E-state index in [1.165, 1.54) is 5.56 Å². The maximum absolute atomic E-state index is 10.3. The van der Waals surface area contributed by atoms with Crippen LogP contribution < -0.4 is 0 Å². The summed E-state index contributed by atoms with van der Waals surface area (Å²) in [7, 11) is 0. The van der Waals surface area contributed by atoms with Gasteiger partial charge < -0.3 is 14.6 Å². The molecule has 3 rings (SSSR count). The second-order valence-electron chi connectivity index (χ2n) is 6.37. The summed E-state index contributed by atoms with van der Waals surface area (Å²) in [5.74, 6) is 0. The Bertz CT molecular complexity index is 590. The van der Waals surface area contributed by atoms with Crippen molar-refractivity contribution in [3.05, 3.63) is 58.3 Å². The second kappa shape index (κ2) is 8.74. The van der Waals surface area contributed by atoms with E-state index in [0.29, 0.717) is 19.8 Å². The van der Waals surface area contributed by atoms with Crippen LogP contribution in [0, 0.1) is 0 Å². The van der Waals surface area contributed by atoms with Gasteiger partial charge in [-0.15, -0.1) is 0 Å². The van der Waals surface area contributed by atoms with Crippen molar-refractivity contribution >= 4 is 11.3 Å². The molecular weight excluding hydrogens is 322 g/mol. The number of nitrogens with zero attached hydrogens (tertiary/aromatic N) is 1. The van der Waals surface area contributed by atoms with Gasteiger partial charge in [-0.2, -0.15) is 11.3 Å². The summed E-state index contributed by atoms with van der Waals surface area (Å²) >= 11 is 1.69. The Balaban J connectivity index is 1.44. The normalized spacial score (nSPS) is 23.2. The first kappa shape index (κ1) is 17.6. The minimum Gasteiger partial charge on any atom is -0.389 e. The number of rotatable bonds is 7. The summed E-state index contributed by atoms with van der Waals surface area (Å²) in [6.07, 6.45) is -0.222. The van der Waals surface area contributed by atoms with Crippen LogP contribution in [0.15, 0.2) is 47.2 Å². The monoisotopic (exact) mass is 347 g/mol. The van der Waals surface area contributed by atoms with E-state index in [9.17, 15) is 5.11 Å². The molecule has 1 saturated heterocycles. The molecule has 0 amide bonds. The van der Waals surface area contributed by atoms with Crippen molar-refractivity contribution in [2.75, 3.05) is 26.2 Å². The van der Waals surface area contributed by atoms with Crippen molar-refractivity contribution in [3.63, 3.8) is 0 Å². The second-order valence-corrected chi connectivity index (χ2v) is 7.15. The number of thiophene rings is 1. The van der Waals surface area contributed by atoms with Gasteiger partial charge in [0, 0.05) is 19.6 Å². The van der Waals surface area contributed by atoms with Gasteiger partial charge >= 0.3 is 0 Å². The Morgan fingerprint density at radius 3 is 2.88 bits per heavy atom. The maximum Gasteiger partial charge on any atom is 0.0964 e. The molecule has 1 aromatic heterocycles. The fourth-order valence-electron chi connectivity index (χ4n) is 3.07. The Kier molecular flexibility index (Phi) is 6.40. The molecule has 4 nitrogen and oxygen atoms in total. The number of hydrogen-bond donors (Lipinski definition) is 1. The summed E-state index contributed by atoms with van der Waals surface area (Å²) in [6.45, 7) is 5.25. The van der Waals surface area contributed by atoms with Gasteiger partial charge in [-0.3, -0.25) is 4.90 Å². The molecule has 3 unspecified atom stereocenters. The zero-order chi connectivity index (χ0) is 16.8. The highest BCUT2D eigenvalue weighted by molar-refractivity contribution is 7.07. The molecule has 24 heavy (non-hydrogen) atoms. The van der Waals surface area contributed by atoms with E-state index < -0.39 is 6.10 Å². The minimum absolute atomic E-state index is 0.0948. The average molecular weight is 347 g/mol. The molecule has 0 bridgehead atoms. The van der Waals surface area contributed by atoms with Crippen molar-refractivity contribution in [1.82, 2.24) is 4.90 Å². The van der Waals surface area contributed by atoms with Crippen molar-refractivity contribution in [2.24, 2.45) is 0 Å². The van der Waals surface area contributed by atoms with Gasteiger partial charge in [-0.1, -0.05) is 30.3 Å². The van der Waals surface area contributed by atoms with Crippen LogP contribution in [0.1, 0.15) is 24.2 Å². The Labute approximate surface area is 147 Å². The van der Waals surface area contributed by atoms with Gasteiger partial charge in [0.2, 0.25) is 0 Å². The molecule has 1 aliphatic rings. The standard InChI is InChI=1S/C19H25NO3S/c1-15-9-20(11-19(23-15)17-7-8-24-14-17)10-18(21)13-22-12-16-5-3-2-4-6-16/h2-8,14-15,18-19,21H,9-13H2,1H3. The molecule has 2 aromatic rings. The summed E-state index contributed by atoms with van der Waals surface area (Å²) in [5.41, 5.74) is 2.36. The molecule has 130 valence electrons. The van der Waals surface area contributed by atoms with Gasteiger partial charge in [-0.05, 0) is 34.9 Å². The number of β-amino-alcohol motifs (C(OH)–C–C–N with tert-alkyl or cyclic N) is 1. The minimum atomic E-state index is -0.484. The summed E-state index contributed by atoms with van der Waals surface area (Å²) in [4.78, 5) is 2.27. The first-order chi connectivity index (χ1) is 11.7. The van der Waals surface area contributed by atoms with Crippen LogP contribution in [0.4, 0.5) is 0 Å². The van der Waals surface area contributed by atoms with Crippen LogP contribution in [0.2, 0.25) is 0 Å². The molecule has 0 spiro atoms. The smallest absolute Gasteiger partial charge is 0.0964 e. The van der Waals surface area contributed by atoms with Crippen LogP contribution in [-0.4, -0.2) is 48.5 Å². The Hall–Kier alpha value is -1.24. The van der Waals surface area contributed by atoms with E-state index in [1.807, 2.05) is 30.3 Å². The molecular formula is C19H25NO3S. The average Bonchev–Trinajstić information content (AvgIpc) is 3.10. The fourth-order valence-corrected chi connectivity index (χ4v) is 3.77. The van der Waals surface area contributed by atoms with Crippen molar-refractivity contribution < 1.29 is 14.6 Å². The molecule has 1 fully saturated rings. The predicted octanol–water partition coefficient (Wildman–Crippen LogP) is 3.09. The molecule has 2 heterocycles. The van der Waals surface area contributed by atoms with Gasteiger partial charge in [-0.25, -0.2) is 0 Å². The lowest BCUT2D eigenvalue weighted by atomic mass is 10.1. The summed E-state index contributed by atoms with van der Waals surface area (Å²) in [5, 5.41) is 14.5. The van der Waals surface area contributed by atoms with E-state index in [-0.39, 0.29) is 12.2 Å². The zero-order valence-electron chi connectivity index (χ0n) is 14.0. The van der Waals surface area contributed by atoms with Crippen LogP contribution in [0.3, 0.4) is 0 Å². The molecule has 0 saturated carbocycles. The number of benzene rings is 1. The zero-order valence-corrected chi connectivity index (χ0v) is 14.8. The fraction of sp³-hybridized carbons (Fsp3) is 0.474. The number of hydrogen-bond acceptors (Lipinski definition) is 5. The van der Waals surface area contributed by atoms with E-state index in [4.69, 9.17) is 9.47 Å². The SMILES string of the molecule is CC1CN(CC(O)COCc2ccccc2)CC(c2ccsc2)O1. The lowest BCUT2D eigenvalue weighted by Crippen LogP contribution is -2.46. The van der Waals surface area contributed by atoms with E-state index >= 15 is 0 Å². The number of morpholine rings is 1. The topological polar surface area (TPSA) is 41.9 Å². The molecule has 1 aliphatic heterocycles. The maximum atomic E-state index is 10.3. The largest absolute Gasteiger partial charge is 0.389 e. The Morgan fingerprint density at radius 1 is 1.29 bits per heavy atom. The third kappa shape index (κ3) is 5.13. The highest BCUT2D eigenvalue weighted by atomic mass is 32.1. The van der Waals surface area contributed by atoms with E-state index in [2.05, 4.69) is 28.7 Å². The number of aliphatic hydroxyl groups excluding tert-OH is 1. The summed E-state index contributed by atoms with van der Waals surface area (Å²) in [6, 6.07) is 12.2. The van der Waals surface area contributed by atoms with Crippen LogP contribution >= 0.6 is 11.3 Å². The lowest BCUT2D eigenvalue weighted by Gasteiger charge is -2.37. The predicted molar refractivity (Wildman–Crippen MR) is 96.2 cm³/mol. The van der Waals surface area contributed by atoms with E-state index in [1.54, 1.807) is 11.3 Å². The third-order valence-corrected chi connectivity index (χ3v) is 4.84. The van der Waals surface area contributed by atoms with Gasteiger partial charge in [0.05, 0.1) is 31.5 Å².